The van der Waals surface area contributed by atoms with Crippen molar-refractivity contribution < 1.29 is 18.3 Å². The van der Waals surface area contributed by atoms with Crippen LogP contribution in [0.15, 0.2) is 0 Å². The highest BCUT2D eigenvalue weighted by molar-refractivity contribution is 14.1. The minimum absolute atomic E-state index is 0.184. The summed E-state index contributed by atoms with van der Waals surface area (Å²) in [7, 11) is 2.98. The molecule has 1 fully saturated rings. The summed E-state index contributed by atoms with van der Waals surface area (Å²) in [5.74, 6) is 0. The highest BCUT2D eigenvalue weighted by Crippen LogP contribution is 2.47. The second-order valence-corrected chi connectivity index (χ2v) is 8.52. The van der Waals surface area contributed by atoms with Crippen LogP contribution in [-0.4, -0.2) is 61.4 Å². The van der Waals surface area contributed by atoms with E-state index in [0.717, 1.165) is 9.80 Å². The first-order chi connectivity index (χ1) is 8.78. The summed E-state index contributed by atoms with van der Waals surface area (Å²) in [6, 6.07) is 0. The molecule has 0 aliphatic carbocycles. The fraction of sp³-hybridized carbons (Fsp3) is 1.00. The zero-order valence-corrected chi connectivity index (χ0v) is 17.7. The molecule has 0 radical (unpaired) electrons. The van der Waals surface area contributed by atoms with Gasteiger partial charge in [-0.2, -0.15) is 8.78 Å². The Labute approximate surface area is 155 Å². The molecule has 0 saturated carbocycles. The standard InChI is InChI=1S/C9H14Br2F2I2N2O2/c1-18-3-5(10)16-7(14)8(15)17(9(16,12)13)6(11)4-19-2/h5-8H,3-4H2,1-2H3. The number of nitrogens with zero attached hydrogens (tertiary/aromatic N) is 2. The summed E-state index contributed by atoms with van der Waals surface area (Å²) in [6.07, 6.45) is -3.09. The molecule has 0 aromatic rings. The first-order valence-corrected chi connectivity index (χ1v) is 9.60. The fourth-order valence-electron chi connectivity index (χ4n) is 1.78. The first kappa shape index (κ1) is 19.2. The largest absolute Gasteiger partial charge is 0.382 e. The Bertz CT molecular complexity index is 281. The normalized spacial score (nSPS) is 31.6. The SMILES string of the molecule is COCC(Br)N1C(I)C(I)N(C(Br)COC)C1(F)F. The molecule has 114 valence electrons. The van der Waals surface area contributed by atoms with Crippen molar-refractivity contribution in [2.75, 3.05) is 27.4 Å². The lowest BCUT2D eigenvalue weighted by molar-refractivity contribution is -0.222. The molecular weight excluding hydrogens is 620 g/mol. The molecule has 1 saturated heterocycles. The highest BCUT2D eigenvalue weighted by atomic mass is 127. The van der Waals surface area contributed by atoms with Gasteiger partial charge in [-0.25, -0.2) is 9.80 Å². The number of methoxy groups -OCH3 is 2. The number of alkyl halides is 6. The maximum Gasteiger partial charge on any atom is 0.373 e. The van der Waals surface area contributed by atoms with Crippen LogP contribution in [0.25, 0.3) is 0 Å². The summed E-state index contributed by atoms with van der Waals surface area (Å²) in [5.41, 5.74) is 0. The van der Waals surface area contributed by atoms with E-state index in [4.69, 9.17) is 9.47 Å². The van der Waals surface area contributed by atoms with E-state index >= 15 is 0 Å². The number of rotatable bonds is 6. The van der Waals surface area contributed by atoms with Crippen LogP contribution in [-0.2, 0) is 9.47 Å². The van der Waals surface area contributed by atoms with E-state index in [0.29, 0.717) is 0 Å². The predicted molar refractivity (Wildman–Crippen MR) is 93.4 cm³/mol. The number of ether oxygens (including phenoxy) is 2. The van der Waals surface area contributed by atoms with Crippen molar-refractivity contribution in [3.8, 4) is 0 Å². The van der Waals surface area contributed by atoms with E-state index in [1.54, 1.807) is 0 Å². The van der Waals surface area contributed by atoms with Crippen LogP contribution in [0.5, 0.6) is 0 Å². The van der Waals surface area contributed by atoms with Crippen molar-refractivity contribution in [3.05, 3.63) is 0 Å². The molecule has 1 aliphatic rings. The Balaban J connectivity index is 2.97. The van der Waals surface area contributed by atoms with Crippen molar-refractivity contribution in [3.63, 3.8) is 0 Å². The third kappa shape index (κ3) is 4.10. The molecule has 19 heavy (non-hydrogen) atoms. The minimum atomic E-state index is -3.09. The van der Waals surface area contributed by atoms with Gasteiger partial charge >= 0.3 is 6.17 Å². The third-order valence-corrected chi connectivity index (χ3v) is 7.94. The molecule has 0 spiro atoms. The molecule has 4 atom stereocenters. The molecule has 1 rings (SSSR count). The third-order valence-electron chi connectivity index (χ3n) is 2.59. The number of hydrogen-bond acceptors (Lipinski definition) is 4. The second kappa shape index (κ2) is 8.11. The molecular formula is C9H14Br2F2I2N2O2. The molecule has 0 aromatic carbocycles. The minimum Gasteiger partial charge on any atom is -0.382 e. The van der Waals surface area contributed by atoms with Crippen molar-refractivity contribution in [2.45, 2.75) is 24.2 Å². The van der Waals surface area contributed by atoms with Gasteiger partial charge in [-0.1, -0.05) is 77.0 Å². The van der Waals surface area contributed by atoms with Gasteiger partial charge in [-0.15, -0.1) is 0 Å². The zero-order valence-electron chi connectivity index (χ0n) is 10.2. The van der Waals surface area contributed by atoms with Crippen molar-refractivity contribution in [1.29, 1.82) is 0 Å². The van der Waals surface area contributed by atoms with Gasteiger partial charge in [-0.05, 0) is 0 Å². The van der Waals surface area contributed by atoms with E-state index in [2.05, 4.69) is 31.9 Å². The predicted octanol–water partition coefficient (Wildman–Crippen LogP) is 3.41. The maximum atomic E-state index is 14.6. The van der Waals surface area contributed by atoms with Crippen LogP contribution >= 0.6 is 77.0 Å². The second-order valence-electron chi connectivity index (χ2n) is 3.85. The number of hydrogen-bond donors (Lipinski definition) is 0. The van der Waals surface area contributed by atoms with Crippen LogP contribution < -0.4 is 0 Å². The lowest BCUT2D eigenvalue weighted by atomic mass is 10.5. The zero-order chi connectivity index (χ0) is 14.8. The van der Waals surface area contributed by atoms with Gasteiger partial charge in [0.25, 0.3) is 0 Å². The Morgan fingerprint density at radius 1 is 1.05 bits per heavy atom. The van der Waals surface area contributed by atoms with Gasteiger partial charge < -0.3 is 9.47 Å². The number of halogens is 6. The van der Waals surface area contributed by atoms with Gasteiger partial charge in [0.15, 0.2) is 0 Å². The molecule has 0 aromatic heterocycles. The average Bonchev–Trinajstić information content (AvgIpc) is 2.46. The summed E-state index contributed by atoms with van der Waals surface area (Å²) in [5, 5.41) is 0. The molecule has 10 heteroatoms. The Hall–Kier alpha value is 2.12. The van der Waals surface area contributed by atoms with Gasteiger partial charge in [0.1, 0.15) is 0 Å². The smallest absolute Gasteiger partial charge is 0.373 e. The molecule has 4 nitrogen and oxygen atoms in total. The first-order valence-electron chi connectivity index (χ1n) is 5.27. The van der Waals surface area contributed by atoms with Crippen molar-refractivity contribution in [2.24, 2.45) is 0 Å². The van der Waals surface area contributed by atoms with Gasteiger partial charge in [-0.3, -0.25) is 0 Å². The van der Waals surface area contributed by atoms with Crippen molar-refractivity contribution >= 4 is 77.0 Å². The molecule has 0 amide bonds. The van der Waals surface area contributed by atoms with Gasteiger partial charge in [0.05, 0.1) is 31.2 Å². The lowest BCUT2D eigenvalue weighted by Crippen LogP contribution is -2.53. The summed E-state index contributed by atoms with van der Waals surface area (Å²) in [6.45, 7) is 0.368. The highest BCUT2D eigenvalue weighted by Gasteiger charge is 2.61. The van der Waals surface area contributed by atoms with E-state index in [-0.39, 0.29) is 21.3 Å². The molecule has 1 aliphatic heterocycles. The van der Waals surface area contributed by atoms with E-state index in [1.807, 2.05) is 45.2 Å². The Morgan fingerprint density at radius 2 is 1.37 bits per heavy atom. The quantitative estimate of drug-likeness (QED) is 0.255. The topological polar surface area (TPSA) is 24.9 Å². The van der Waals surface area contributed by atoms with Crippen LogP contribution in [0.3, 0.4) is 0 Å². The Morgan fingerprint density at radius 3 is 1.63 bits per heavy atom. The average molecular weight is 634 g/mol. The van der Waals surface area contributed by atoms with Crippen LogP contribution in [0.4, 0.5) is 8.78 Å². The maximum absolute atomic E-state index is 14.6. The van der Waals surface area contributed by atoms with Crippen LogP contribution in [0, 0.1) is 0 Å². The summed E-state index contributed by atoms with van der Waals surface area (Å²) in [4.78, 5) is 1.11. The van der Waals surface area contributed by atoms with Crippen LogP contribution in [0.2, 0.25) is 0 Å². The monoisotopic (exact) mass is 632 g/mol. The van der Waals surface area contributed by atoms with E-state index < -0.39 is 16.1 Å². The summed E-state index contributed by atoms with van der Waals surface area (Å²) < 4.78 is 38.4. The fourth-order valence-corrected chi connectivity index (χ4v) is 6.33. The van der Waals surface area contributed by atoms with E-state index in [9.17, 15) is 8.78 Å². The molecule has 4 unspecified atom stereocenters. The summed E-state index contributed by atoms with van der Waals surface area (Å²) >= 11 is 10.6. The lowest BCUT2D eigenvalue weighted by Gasteiger charge is -2.34. The molecule has 0 bridgehead atoms. The Kier molecular flexibility index (Phi) is 8.18. The van der Waals surface area contributed by atoms with Gasteiger partial charge in [0.2, 0.25) is 0 Å². The van der Waals surface area contributed by atoms with Gasteiger partial charge in [0, 0.05) is 14.2 Å². The van der Waals surface area contributed by atoms with Crippen molar-refractivity contribution in [1.82, 2.24) is 9.80 Å². The molecule has 0 N–H and O–H groups in total. The van der Waals surface area contributed by atoms with E-state index in [1.165, 1.54) is 14.2 Å². The molecule has 1 heterocycles. The van der Waals surface area contributed by atoms with Crippen LogP contribution in [0.1, 0.15) is 0 Å².